The Morgan fingerprint density at radius 3 is 2.28 bits per heavy atom. The molecule has 3 aromatic rings. The van der Waals surface area contributed by atoms with Crippen molar-refractivity contribution in [2.75, 3.05) is 5.32 Å². The number of imide groups is 1. The van der Waals surface area contributed by atoms with E-state index in [1.54, 1.807) is 28.9 Å². The molecule has 1 fully saturated rings. The molecule has 2 atom stereocenters. The highest BCUT2D eigenvalue weighted by molar-refractivity contribution is 6.21. The zero-order valence-electron chi connectivity index (χ0n) is 20.7. The maximum absolute atomic E-state index is 12.9. The third-order valence-corrected chi connectivity index (χ3v) is 6.82. The lowest BCUT2D eigenvalue weighted by Crippen LogP contribution is -2.38. The number of hydrogen-bond donors (Lipinski definition) is 1. The van der Waals surface area contributed by atoms with E-state index >= 15 is 0 Å². The fourth-order valence-electron chi connectivity index (χ4n) is 5.06. The summed E-state index contributed by atoms with van der Waals surface area (Å²) in [5.41, 5.74) is 2.32. The monoisotopic (exact) mass is 486 g/mol. The Morgan fingerprint density at radius 1 is 1.00 bits per heavy atom. The molecule has 0 bridgehead atoms. The Kier molecular flexibility index (Phi) is 6.12. The van der Waals surface area contributed by atoms with Crippen LogP contribution in [0.1, 0.15) is 77.9 Å². The number of aromatic nitrogens is 2. The maximum atomic E-state index is 12.9. The molecule has 0 saturated heterocycles. The highest BCUT2D eigenvalue weighted by Crippen LogP contribution is 2.40. The molecule has 0 unspecified atom stereocenters. The Labute approximate surface area is 210 Å². The van der Waals surface area contributed by atoms with Gasteiger partial charge in [0.1, 0.15) is 12.4 Å². The van der Waals surface area contributed by atoms with Crippen LogP contribution in [0.5, 0.6) is 0 Å². The summed E-state index contributed by atoms with van der Waals surface area (Å²) in [6.07, 6.45) is 1.62. The second-order valence-electron chi connectivity index (χ2n) is 10.4. The summed E-state index contributed by atoms with van der Waals surface area (Å²) in [6.45, 7) is 6.22. The van der Waals surface area contributed by atoms with Gasteiger partial charge in [0.2, 0.25) is 0 Å². The van der Waals surface area contributed by atoms with Crippen LogP contribution in [0.15, 0.2) is 60.7 Å². The molecule has 1 aliphatic carbocycles. The molecule has 1 saturated carbocycles. The number of anilines is 1. The van der Waals surface area contributed by atoms with E-state index in [4.69, 9.17) is 9.84 Å². The van der Waals surface area contributed by atoms with Crippen LogP contribution in [0.4, 0.5) is 10.6 Å². The van der Waals surface area contributed by atoms with Gasteiger partial charge < -0.3 is 4.74 Å². The zero-order chi connectivity index (χ0) is 25.4. The van der Waals surface area contributed by atoms with Crippen LogP contribution in [-0.2, 0) is 16.9 Å². The fourth-order valence-corrected chi connectivity index (χ4v) is 5.06. The van der Waals surface area contributed by atoms with Gasteiger partial charge in [-0.15, -0.1) is 0 Å². The number of fused-ring (bicyclic) bond motifs is 1. The summed E-state index contributed by atoms with van der Waals surface area (Å²) in [5, 5.41) is 7.68. The number of benzene rings is 2. The van der Waals surface area contributed by atoms with Gasteiger partial charge in [0, 0.05) is 18.0 Å². The summed E-state index contributed by atoms with van der Waals surface area (Å²) in [7, 11) is 0. The quantitative estimate of drug-likeness (QED) is 0.493. The standard InChI is InChI=1S/C28H30N4O4/c1-28(2,3)32-24(29-27(35)36-17-18-9-5-4-6-10-18)16-23(30-32)19-13-14-20(15-19)31-25(33)21-11-7-8-12-22(21)26(31)34/h4-12,16,19-20H,13-15,17H2,1-3H3,(H,29,35)/t19-,20+/m0/s1. The van der Waals surface area contributed by atoms with Gasteiger partial charge in [-0.2, -0.15) is 5.10 Å². The van der Waals surface area contributed by atoms with E-state index in [0.717, 1.165) is 24.1 Å². The Morgan fingerprint density at radius 2 is 1.64 bits per heavy atom. The number of nitrogens with zero attached hydrogens (tertiary/aromatic N) is 3. The van der Waals surface area contributed by atoms with Crippen LogP contribution in [0.3, 0.4) is 0 Å². The van der Waals surface area contributed by atoms with Gasteiger partial charge in [-0.1, -0.05) is 42.5 Å². The van der Waals surface area contributed by atoms with Gasteiger partial charge in [-0.05, 0) is 57.7 Å². The SMILES string of the molecule is CC(C)(C)n1nc([C@H]2CC[C@@H](N3C(=O)c4ccccc4C3=O)C2)cc1NC(=O)OCc1ccccc1. The Hall–Kier alpha value is -3.94. The summed E-state index contributed by atoms with van der Waals surface area (Å²) >= 11 is 0. The fraction of sp³-hybridized carbons (Fsp3) is 0.357. The van der Waals surface area contributed by atoms with Crippen LogP contribution in [0.2, 0.25) is 0 Å². The lowest BCUT2D eigenvalue weighted by Gasteiger charge is -2.22. The van der Waals surface area contributed by atoms with Crippen molar-refractivity contribution in [1.82, 2.24) is 14.7 Å². The largest absolute Gasteiger partial charge is 0.444 e. The molecule has 1 aliphatic heterocycles. The van der Waals surface area contributed by atoms with Crippen LogP contribution >= 0.6 is 0 Å². The molecule has 3 amide bonds. The molecule has 2 heterocycles. The van der Waals surface area contributed by atoms with Crippen molar-refractivity contribution in [3.05, 3.63) is 83.0 Å². The summed E-state index contributed by atoms with van der Waals surface area (Å²) in [4.78, 5) is 39.8. The molecule has 186 valence electrons. The first-order valence-corrected chi connectivity index (χ1v) is 12.3. The van der Waals surface area contributed by atoms with Crippen molar-refractivity contribution in [1.29, 1.82) is 0 Å². The van der Waals surface area contributed by atoms with Crippen molar-refractivity contribution in [3.8, 4) is 0 Å². The molecule has 5 rings (SSSR count). The normalized spacial score (nSPS) is 19.5. The third-order valence-electron chi connectivity index (χ3n) is 6.82. The second kappa shape index (κ2) is 9.26. The van der Waals surface area contributed by atoms with E-state index in [0.29, 0.717) is 23.4 Å². The molecule has 36 heavy (non-hydrogen) atoms. The Balaban J connectivity index is 1.30. The first-order chi connectivity index (χ1) is 17.2. The number of rotatable bonds is 5. The minimum absolute atomic E-state index is 0.0730. The van der Waals surface area contributed by atoms with Crippen LogP contribution in [-0.4, -0.2) is 38.6 Å². The van der Waals surface area contributed by atoms with Gasteiger partial charge in [0.15, 0.2) is 0 Å². The number of carbonyl (C=O) groups is 3. The highest BCUT2D eigenvalue weighted by Gasteiger charge is 2.43. The minimum Gasteiger partial charge on any atom is -0.444 e. The van der Waals surface area contributed by atoms with E-state index in [2.05, 4.69) is 5.32 Å². The molecule has 0 radical (unpaired) electrons. The number of ether oxygens (including phenoxy) is 1. The Bertz CT molecular complexity index is 1270. The number of amides is 3. The van der Waals surface area contributed by atoms with Crippen LogP contribution in [0.25, 0.3) is 0 Å². The van der Waals surface area contributed by atoms with Gasteiger partial charge >= 0.3 is 6.09 Å². The highest BCUT2D eigenvalue weighted by atomic mass is 16.5. The molecule has 2 aromatic carbocycles. The van der Waals surface area contributed by atoms with Gasteiger partial charge in [0.05, 0.1) is 22.4 Å². The van der Waals surface area contributed by atoms with Gasteiger partial charge in [-0.3, -0.25) is 19.8 Å². The minimum atomic E-state index is -0.550. The molecule has 8 heteroatoms. The maximum Gasteiger partial charge on any atom is 0.413 e. The topological polar surface area (TPSA) is 93.5 Å². The van der Waals surface area contributed by atoms with E-state index in [9.17, 15) is 14.4 Å². The smallest absolute Gasteiger partial charge is 0.413 e. The summed E-state index contributed by atoms with van der Waals surface area (Å²) < 4.78 is 7.19. The van der Waals surface area contributed by atoms with E-state index in [1.165, 1.54) is 4.90 Å². The van der Waals surface area contributed by atoms with Gasteiger partial charge in [-0.25, -0.2) is 9.48 Å². The van der Waals surface area contributed by atoms with Gasteiger partial charge in [0.25, 0.3) is 11.8 Å². The molecular weight excluding hydrogens is 456 g/mol. The molecule has 1 N–H and O–H groups in total. The predicted octanol–water partition coefficient (Wildman–Crippen LogP) is 5.32. The number of hydrogen-bond acceptors (Lipinski definition) is 5. The molecular formula is C28H30N4O4. The van der Waals surface area contributed by atoms with E-state index < -0.39 is 6.09 Å². The summed E-state index contributed by atoms with van der Waals surface area (Å²) in [5.74, 6) is 0.193. The van der Waals surface area contributed by atoms with E-state index in [1.807, 2.05) is 57.2 Å². The molecule has 0 spiro atoms. The molecule has 2 aliphatic rings. The molecule has 1 aromatic heterocycles. The lowest BCUT2D eigenvalue weighted by atomic mass is 10.0. The van der Waals surface area contributed by atoms with Crippen molar-refractivity contribution < 1.29 is 19.1 Å². The van der Waals surface area contributed by atoms with E-state index in [-0.39, 0.29) is 35.9 Å². The third kappa shape index (κ3) is 4.51. The summed E-state index contributed by atoms with van der Waals surface area (Å²) in [6, 6.07) is 18.2. The molecule has 8 nitrogen and oxygen atoms in total. The van der Waals surface area contributed by atoms with Crippen LogP contribution < -0.4 is 5.32 Å². The zero-order valence-corrected chi connectivity index (χ0v) is 20.7. The average molecular weight is 487 g/mol. The number of nitrogens with one attached hydrogen (secondary N) is 1. The number of carbonyl (C=O) groups excluding carboxylic acids is 3. The first-order valence-electron chi connectivity index (χ1n) is 12.3. The average Bonchev–Trinajstić information content (AvgIpc) is 3.56. The van der Waals surface area contributed by atoms with Crippen molar-refractivity contribution in [3.63, 3.8) is 0 Å². The van der Waals surface area contributed by atoms with Crippen molar-refractivity contribution in [2.45, 2.75) is 64.1 Å². The second-order valence-corrected chi connectivity index (χ2v) is 10.4. The van der Waals surface area contributed by atoms with Crippen LogP contribution in [0, 0.1) is 0 Å². The first kappa shape index (κ1) is 23.8. The predicted molar refractivity (Wildman–Crippen MR) is 135 cm³/mol. The lowest BCUT2D eigenvalue weighted by molar-refractivity contribution is 0.0586. The van der Waals surface area contributed by atoms with Crippen molar-refractivity contribution in [2.24, 2.45) is 0 Å². The van der Waals surface area contributed by atoms with Crippen molar-refractivity contribution >= 4 is 23.7 Å².